The number of carbonyl (C=O) groups excluding carboxylic acids is 3. The van der Waals surface area contributed by atoms with Crippen LogP contribution in [0, 0.1) is 0 Å². The van der Waals surface area contributed by atoms with E-state index < -0.39 is 29.1 Å². The molecular weight excluding hydrogens is 482 g/mol. The summed E-state index contributed by atoms with van der Waals surface area (Å²) in [6.45, 7) is 16.1. The molecule has 0 unspecified atom stereocenters. The van der Waals surface area contributed by atoms with E-state index in [2.05, 4.69) is 26.0 Å². The molecule has 32 heavy (non-hydrogen) atoms. The Morgan fingerprint density at radius 3 is 1.62 bits per heavy atom. The summed E-state index contributed by atoms with van der Waals surface area (Å²) >= 11 is 3.47. The minimum atomic E-state index is -1.06. The molecule has 0 saturated carbocycles. The van der Waals surface area contributed by atoms with Crippen molar-refractivity contribution in [2.45, 2.75) is 85.5 Å². The first kappa shape index (κ1) is 29.7. The van der Waals surface area contributed by atoms with E-state index in [1.807, 2.05) is 45.0 Å². The van der Waals surface area contributed by atoms with E-state index in [1.165, 1.54) is 5.56 Å². The van der Waals surface area contributed by atoms with E-state index in [4.69, 9.17) is 14.2 Å². The molecular formula is C23H36BrNO7. The number of ether oxygens (including phenoxy) is 4. The van der Waals surface area contributed by atoms with Crippen molar-refractivity contribution in [1.82, 2.24) is 5.32 Å². The number of carbonyl (C=O) groups is 3. The first-order chi connectivity index (χ1) is 14.4. The van der Waals surface area contributed by atoms with Crippen molar-refractivity contribution in [3.8, 4) is 0 Å². The third kappa shape index (κ3) is 17.4. The molecule has 0 fully saturated rings. The van der Waals surface area contributed by atoms with E-state index in [9.17, 15) is 14.4 Å². The monoisotopic (exact) mass is 517 g/mol. The molecule has 0 saturated heterocycles. The normalized spacial score (nSPS) is 11.4. The fourth-order valence-corrected chi connectivity index (χ4v) is 2.41. The summed E-state index contributed by atoms with van der Waals surface area (Å²) in [6, 6.07) is 7.96. The lowest BCUT2D eigenvalue weighted by Gasteiger charge is -2.20. The van der Waals surface area contributed by atoms with Gasteiger partial charge in [0, 0.05) is 11.0 Å². The van der Waals surface area contributed by atoms with Crippen LogP contribution in [0.2, 0.25) is 0 Å². The summed E-state index contributed by atoms with van der Waals surface area (Å²) in [4.78, 5) is 33.4. The van der Waals surface area contributed by atoms with Crippen LogP contribution in [-0.4, -0.2) is 41.8 Å². The van der Waals surface area contributed by atoms with Gasteiger partial charge < -0.3 is 24.3 Å². The topological polar surface area (TPSA) is 100 Å². The lowest BCUT2D eigenvalue weighted by Crippen LogP contribution is -2.33. The van der Waals surface area contributed by atoms with E-state index in [1.54, 1.807) is 41.5 Å². The fraction of sp³-hybridized carbons (Fsp3) is 0.609. The highest BCUT2D eigenvalue weighted by atomic mass is 79.9. The van der Waals surface area contributed by atoms with Crippen molar-refractivity contribution in [2.24, 2.45) is 0 Å². The average Bonchev–Trinajstić information content (AvgIpc) is 2.51. The van der Waals surface area contributed by atoms with Crippen LogP contribution < -0.4 is 5.32 Å². The summed E-state index contributed by atoms with van der Waals surface area (Å²) in [5.74, 6) is 0. The number of rotatable bonds is 3. The molecule has 8 nitrogen and oxygen atoms in total. The van der Waals surface area contributed by atoms with Crippen molar-refractivity contribution in [1.29, 1.82) is 0 Å². The first-order valence-electron chi connectivity index (χ1n) is 10.2. The van der Waals surface area contributed by atoms with Crippen LogP contribution in [0.25, 0.3) is 0 Å². The Morgan fingerprint density at radius 2 is 1.22 bits per heavy atom. The van der Waals surface area contributed by atoms with Gasteiger partial charge in [0.25, 0.3) is 0 Å². The molecule has 0 spiro atoms. The van der Waals surface area contributed by atoms with Gasteiger partial charge in [-0.15, -0.1) is 0 Å². The van der Waals surface area contributed by atoms with Gasteiger partial charge in [-0.1, -0.05) is 34.1 Å². The molecule has 0 aliphatic rings. The summed E-state index contributed by atoms with van der Waals surface area (Å²) in [5, 5.41) is 2.73. The Hall–Kier alpha value is -2.29. The number of alkyl carbamates (subject to hydrolysis) is 1. The Labute approximate surface area is 199 Å². The van der Waals surface area contributed by atoms with Gasteiger partial charge in [0.1, 0.15) is 16.8 Å². The van der Waals surface area contributed by atoms with Crippen LogP contribution in [0.1, 0.15) is 67.9 Å². The van der Waals surface area contributed by atoms with Crippen LogP contribution in [0.4, 0.5) is 14.4 Å². The van der Waals surface area contributed by atoms with Gasteiger partial charge in [-0.05, 0) is 80.4 Å². The molecule has 0 aromatic heterocycles. The molecule has 9 heteroatoms. The zero-order valence-corrected chi connectivity index (χ0v) is 22.0. The third-order valence-electron chi connectivity index (χ3n) is 2.97. The van der Waals surface area contributed by atoms with E-state index in [-0.39, 0.29) is 6.09 Å². The average molecular weight is 518 g/mol. The maximum Gasteiger partial charge on any atom is 0.519 e. The second kappa shape index (κ2) is 12.7. The van der Waals surface area contributed by atoms with Gasteiger partial charge in [0.05, 0.1) is 0 Å². The molecule has 1 amide bonds. The van der Waals surface area contributed by atoms with Crippen LogP contribution in [0.15, 0.2) is 28.7 Å². The molecule has 0 atom stereocenters. The van der Waals surface area contributed by atoms with Gasteiger partial charge in [0.15, 0.2) is 0 Å². The standard InChI is InChI=1S/C13H18BrNO2.C10H18O5/c1-13(2,3)17-12(16)15-9-8-10-6-4-5-7-11(10)14;1-9(2,3)14-7(11)13-8(12)15-10(4,5)6/h4-7H,8-9H2,1-3H3,(H,15,16);1-6H3. The van der Waals surface area contributed by atoms with Crippen molar-refractivity contribution in [3.05, 3.63) is 34.3 Å². The van der Waals surface area contributed by atoms with Crippen LogP contribution in [-0.2, 0) is 25.4 Å². The smallest absolute Gasteiger partial charge is 0.444 e. The van der Waals surface area contributed by atoms with Gasteiger partial charge in [-0.3, -0.25) is 0 Å². The Balaban J connectivity index is 0.000000607. The molecule has 1 N–H and O–H groups in total. The number of hydrogen-bond acceptors (Lipinski definition) is 7. The molecule has 0 aliphatic heterocycles. The maximum atomic E-state index is 11.4. The second-order valence-electron chi connectivity index (χ2n) is 9.80. The van der Waals surface area contributed by atoms with Crippen LogP contribution >= 0.6 is 15.9 Å². The highest BCUT2D eigenvalue weighted by molar-refractivity contribution is 9.10. The lowest BCUT2D eigenvalue weighted by atomic mass is 10.1. The highest BCUT2D eigenvalue weighted by Crippen LogP contribution is 2.16. The molecule has 0 aliphatic carbocycles. The zero-order chi connectivity index (χ0) is 25.2. The van der Waals surface area contributed by atoms with E-state index in [0.29, 0.717) is 6.54 Å². The quantitative estimate of drug-likeness (QED) is 0.281. The van der Waals surface area contributed by atoms with Crippen LogP contribution in [0.3, 0.4) is 0 Å². The molecule has 0 radical (unpaired) electrons. The second-order valence-corrected chi connectivity index (χ2v) is 10.7. The van der Waals surface area contributed by atoms with Gasteiger partial charge >= 0.3 is 18.4 Å². The number of nitrogens with one attached hydrogen (secondary N) is 1. The Bertz CT molecular complexity index is 733. The molecule has 1 rings (SSSR count). The summed E-state index contributed by atoms with van der Waals surface area (Å²) < 4.78 is 20.0. The van der Waals surface area contributed by atoms with Crippen molar-refractivity contribution >= 4 is 34.3 Å². The predicted octanol–water partition coefficient (Wildman–Crippen LogP) is 6.39. The fourth-order valence-electron chi connectivity index (χ4n) is 1.92. The van der Waals surface area contributed by atoms with Crippen LogP contribution in [0.5, 0.6) is 0 Å². The van der Waals surface area contributed by atoms with E-state index >= 15 is 0 Å². The number of amides is 1. The van der Waals surface area contributed by atoms with Crippen molar-refractivity contribution in [2.75, 3.05) is 6.54 Å². The SMILES string of the molecule is CC(C)(C)OC(=O)NCCc1ccccc1Br.CC(C)(C)OC(=O)OC(=O)OC(C)(C)C. The molecule has 182 valence electrons. The number of hydrogen-bond donors (Lipinski definition) is 1. The summed E-state index contributed by atoms with van der Waals surface area (Å²) in [5.41, 5.74) is -0.668. The minimum Gasteiger partial charge on any atom is -0.444 e. The van der Waals surface area contributed by atoms with Gasteiger partial charge in [0.2, 0.25) is 0 Å². The highest BCUT2D eigenvalue weighted by Gasteiger charge is 2.24. The van der Waals surface area contributed by atoms with Crippen molar-refractivity contribution in [3.63, 3.8) is 0 Å². The Morgan fingerprint density at radius 1 is 0.781 bits per heavy atom. The maximum absolute atomic E-state index is 11.4. The van der Waals surface area contributed by atoms with Crippen molar-refractivity contribution < 1.29 is 33.3 Å². The predicted molar refractivity (Wildman–Crippen MR) is 126 cm³/mol. The largest absolute Gasteiger partial charge is 0.519 e. The molecule has 0 heterocycles. The number of halogens is 1. The Kier molecular flexibility index (Phi) is 11.8. The minimum absolute atomic E-state index is 0.371. The third-order valence-corrected chi connectivity index (χ3v) is 3.74. The van der Waals surface area contributed by atoms with Gasteiger partial charge in [-0.25, -0.2) is 14.4 Å². The first-order valence-corrected chi connectivity index (χ1v) is 11.0. The molecule has 0 bridgehead atoms. The zero-order valence-electron chi connectivity index (χ0n) is 20.5. The summed E-state index contributed by atoms with van der Waals surface area (Å²) in [6.07, 6.45) is -1.71. The number of benzene rings is 1. The van der Waals surface area contributed by atoms with E-state index in [0.717, 1.165) is 10.9 Å². The molecule has 1 aromatic carbocycles. The summed E-state index contributed by atoms with van der Waals surface area (Å²) in [7, 11) is 0. The molecule has 1 aromatic rings. The van der Waals surface area contributed by atoms with Gasteiger partial charge in [-0.2, -0.15) is 0 Å². The lowest BCUT2D eigenvalue weighted by molar-refractivity contribution is -0.0294.